The molecule has 2 heterocycles. The smallest absolute Gasteiger partial charge is 0.257 e. The lowest BCUT2D eigenvalue weighted by molar-refractivity contribution is -0.214. The number of carbonyl (C=O) groups excluding carboxylic acids is 1. The number of aliphatic hydroxyl groups is 1. The van der Waals surface area contributed by atoms with Gasteiger partial charge >= 0.3 is 0 Å². The molecule has 0 aromatic heterocycles. The molecule has 0 aliphatic carbocycles. The van der Waals surface area contributed by atoms with Crippen molar-refractivity contribution in [3.05, 3.63) is 25.3 Å². The Kier molecular flexibility index (Phi) is 4.04. The quantitative estimate of drug-likeness (QED) is 0.588. The van der Waals surface area contributed by atoms with E-state index in [1.807, 2.05) is 13.8 Å². The van der Waals surface area contributed by atoms with Gasteiger partial charge in [0.15, 0.2) is 11.4 Å². The number of carbonyl (C=O) groups is 1. The first-order chi connectivity index (χ1) is 9.35. The maximum absolute atomic E-state index is 12.2. The molecule has 0 unspecified atom stereocenters. The van der Waals surface area contributed by atoms with Crippen molar-refractivity contribution in [2.24, 2.45) is 0 Å². The van der Waals surface area contributed by atoms with Crippen molar-refractivity contribution in [3.63, 3.8) is 0 Å². The van der Waals surface area contributed by atoms with Crippen LogP contribution in [-0.4, -0.2) is 52.6 Å². The predicted octanol–water partition coefficient (Wildman–Crippen LogP) is 1.23. The van der Waals surface area contributed by atoms with Crippen LogP contribution < -0.4 is 0 Å². The first kappa shape index (κ1) is 15.2. The van der Waals surface area contributed by atoms with E-state index >= 15 is 0 Å². The van der Waals surface area contributed by atoms with Crippen LogP contribution in [0.15, 0.2) is 25.3 Å². The number of likely N-dealkylation sites (tertiary alicyclic amines) is 1. The molecule has 0 spiro atoms. The summed E-state index contributed by atoms with van der Waals surface area (Å²) < 4.78 is 11.4. The van der Waals surface area contributed by atoms with Gasteiger partial charge in [0.25, 0.3) is 5.91 Å². The third kappa shape index (κ3) is 2.41. The van der Waals surface area contributed by atoms with Crippen LogP contribution in [0.2, 0.25) is 0 Å². The molecule has 2 aliphatic heterocycles. The zero-order valence-electron chi connectivity index (χ0n) is 12.2. The van der Waals surface area contributed by atoms with Crippen molar-refractivity contribution in [3.8, 4) is 0 Å². The van der Waals surface area contributed by atoms with Crippen LogP contribution in [-0.2, 0) is 14.3 Å². The molecule has 0 saturated carbocycles. The van der Waals surface area contributed by atoms with Gasteiger partial charge in [-0.25, -0.2) is 0 Å². The molecule has 1 N–H and O–H groups in total. The van der Waals surface area contributed by atoms with E-state index in [2.05, 4.69) is 13.2 Å². The second-order valence-electron chi connectivity index (χ2n) is 5.80. The third-order valence-corrected chi connectivity index (χ3v) is 3.87. The van der Waals surface area contributed by atoms with Gasteiger partial charge in [-0.3, -0.25) is 4.79 Å². The molecule has 0 aromatic rings. The fourth-order valence-corrected chi connectivity index (χ4v) is 2.97. The lowest BCUT2D eigenvalue weighted by Gasteiger charge is -2.54. The van der Waals surface area contributed by atoms with Gasteiger partial charge in [-0.05, 0) is 20.3 Å². The Morgan fingerprint density at radius 1 is 1.45 bits per heavy atom. The van der Waals surface area contributed by atoms with Gasteiger partial charge < -0.3 is 19.5 Å². The molecular weight excluding hydrogens is 258 g/mol. The highest BCUT2D eigenvalue weighted by Gasteiger charge is 2.63. The maximum Gasteiger partial charge on any atom is 0.257 e. The summed E-state index contributed by atoms with van der Waals surface area (Å²) in [5.41, 5.74) is -1.42. The summed E-state index contributed by atoms with van der Waals surface area (Å²) in [6, 6.07) is -0.394. The van der Waals surface area contributed by atoms with Crippen LogP contribution in [0, 0.1) is 0 Å². The van der Waals surface area contributed by atoms with Crippen molar-refractivity contribution in [1.82, 2.24) is 4.90 Å². The summed E-state index contributed by atoms with van der Waals surface area (Å²) in [5, 5.41) is 10.6. The van der Waals surface area contributed by atoms with E-state index in [1.165, 1.54) is 0 Å². The zero-order chi connectivity index (χ0) is 15.0. The molecule has 5 nitrogen and oxygen atoms in total. The molecule has 1 amide bonds. The van der Waals surface area contributed by atoms with Crippen LogP contribution in [0.4, 0.5) is 0 Å². The molecule has 2 saturated heterocycles. The third-order valence-electron chi connectivity index (χ3n) is 3.87. The van der Waals surface area contributed by atoms with Gasteiger partial charge in [0.1, 0.15) is 6.10 Å². The Bertz CT molecular complexity index is 420. The van der Waals surface area contributed by atoms with Gasteiger partial charge in [-0.2, -0.15) is 0 Å². The average molecular weight is 281 g/mol. The summed E-state index contributed by atoms with van der Waals surface area (Å²) in [4.78, 5) is 13.9. The molecule has 2 aliphatic rings. The van der Waals surface area contributed by atoms with Crippen molar-refractivity contribution in [2.75, 3.05) is 13.2 Å². The number of hydrogen-bond acceptors (Lipinski definition) is 4. The van der Waals surface area contributed by atoms with Crippen molar-refractivity contribution >= 4 is 5.91 Å². The lowest BCUT2D eigenvalue weighted by atomic mass is 9.76. The van der Waals surface area contributed by atoms with E-state index in [9.17, 15) is 9.90 Å². The molecule has 20 heavy (non-hydrogen) atoms. The van der Waals surface area contributed by atoms with Crippen molar-refractivity contribution in [1.29, 1.82) is 0 Å². The fourth-order valence-electron chi connectivity index (χ4n) is 2.97. The number of amides is 1. The highest BCUT2D eigenvalue weighted by Crippen LogP contribution is 2.40. The summed E-state index contributed by atoms with van der Waals surface area (Å²) in [6.45, 7) is 11.8. The minimum absolute atomic E-state index is 0.224. The van der Waals surface area contributed by atoms with E-state index < -0.39 is 17.4 Å². The van der Waals surface area contributed by atoms with E-state index in [4.69, 9.17) is 9.47 Å². The molecule has 2 fully saturated rings. The Labute approximate surface area is 119 Å². The Hall–Kier alpha value is -1.17. The van der Waals surface area contributed by atoms with Crippen LogP contribution in [0.1, 0.15) is 26.7 Å². The molecule has 0 aromatic carbocycles. The molecule has 112 valence electrons. The molecular formula is C15H23NO4. The Balaban J connectivity index is 2.17. The van der Waals surface area contributed by atoms with Crippen LogP contribution in [0.3, 0.4) is 0 Å². The van der Waals surface area contributed by atoms with Crippen LogP contribution in [0.5, 0.6) is 0 Å². The largest absolute Gasteiger partial charge is 0.377 e. The Morgan fingerprint density at radius 2 is 2.15 bits per heavy atom. The van der Waals surface area contributed by atoms with Gasteiger partial charge in [0.2, 0.25) is 0 Å². The highest BCUT2D eigenvalue weighted by molar-refractivity contribution is 5.93. The topological polar surface area (TPSA) is 59.0 Å². The van der Waals surface area contributed by atoms with Gasteiger partial charge in [-0.15, -0.1) is 13.2 Å². The van der Waals surface area contributed by atoms with Crippen LogP contribution in [0.25, 0.3) is 0 Å². The minimum atomic E-state index is -1.42. The number of hydrogen-bond donors (Lipinski definition) is 1. The van der Waals surface area contributed by atoms with E-state index in [0.717, 1.165) is 0 Å². The van der Waals surface area contributed by atoms with Gasteiger partial charge in [-0.1, -0.05) is 12.2 Å². The number of β-lactam (4-membered cyclic amide) rings is 1. The van der Waals surface area contributed by atoms with E-state index in [0.29, 0.717) is 19.6 Å². The summed E-state index contributed by atoms with van der Waals surface area (Å²) in [6.07, 6.45) is 3.91. The maximum atomic E-state index is 12.2. The summed E-state index contributed by atoms with van der Waals surface area (Å²) in [7, 11) is 0. The summed E-state index contributed by atoms with van der Waals surface area (Å²) >= 11 is 0. The SMILES string of the molecule is C=CCCN1C(=O)[C@@](O)(CC=C)[C@@H]1[C@H]1COC(C)(C)O1. The molecule has 0 bridgehead atoms. The lowest BCUT2D eigenvalue weighted by Crippen LogP contribution is -2.77. The monoisotopic (exact) mass is 281 g/mol. The summed E-state index contributed by atoms with van der Waals surface area (Å²) in [5.74, 6) is -0.944. The molecule has 2 rings (SSSR count). The standard InChI is InChI=1S/C15H23NO4/c1-5-7-9-16-12(11-10-19-14(3,4)20-11)15(18,8-6-2)13(16)17/h5-6,11-12,18H,1-2,7-10H2,3-4H3/t11-,12+,15-/m1/s1. The van der Waals surface area contributed by atoms with Gasteiger partial charge in [0, 0.05) is 13.0 Å². The minimum Gasteiger partial charge on any atom is -0.377 e. The first-order valence-electron chi connectivity index (χ1n) is 6.93. The number of nitrogens with zero attached hydrogens (tertiary/aromatic N) is 1. The van der Waals surface area contributed by atoms with E-state index in [-0.39, 0.29) is 18.4 Å². The van der Waals surface area contributed by atoms with E-state index in [1.54, 1.807) is 17.1 Å². The average Bonchev–Trinajstić information content (AvgIpc) is 2.73. The van der Waals surface area contributed by atoms with Crippen molar-refractivity contribution in [2.45, 2.75) is 50.2 Å². The normalized spacial score (nSPS) is 35.8. The first-order valence-corrected chi connectivity index (χ1v) is 6.93. The van der Waals surface area contributed by atoms with Crippen LogP contribution >= 0.6 is 0 Å². The number of ether oxygens (including phenoxy) is 2. The molecule has 3 atom stereocenters. The molecule has 5 heteroatoms. The second-order valence-corrected chi connectivity index (χ2v) is 5.80. The highest BCUT2D eigenvalue weighted by atomic mass is 16.7. The van der Waals surface area contributed by atoms with Crippen molar-refractivity contribution < 1.29 is 19.4 Å². The predicted molar refractivity (Wildman–Crippen MR) is 75.0 cm³/mol. The second kappa shape index (κ2) is 5.31. The zero-order valence-corrected chi connectivity index (χ0v) is 12.2. The molecule has 0 radical (unpaired) electrons. The number of rotatable bonds is 6. The van der Waals surface area contributed by atoms with Gasteiger partial charge in [0.05, 0.1) is 12.6 Å². The Morgan fingerprint density at radius 3 is 2.65 bits per heavy atom. The fraction of sp³-hybridized carbons (Fsp3) is 0.667.